The summed E-state index contributed by atoms with van der Waals surface area (Å²) in [4.78, 5) is 26.5. The zero-order valence-corrected chi connectivity index (χ0v) is 10.4. The normalized spacial score (nSPS) is 9.95. The van der Waals surface area contributed by atoms with Crippen molar-refractivity contribution in [3.63, 3.8) is 0 Å². The summed E-state index contributed by atoms with van der Waals surface area (Å²) >= 11 is 5.72. The summed E-state index contributed by atoms with van der Waals surface area (Å²) in [6, 6.07) is 8.96. The number of hydrogen-bond donors (Lipinski definition) is 2. The molecule has 0 unspecified atom stereocenters. The number of carboxylic acid groups (broad SMARTS) is 1. The van der Waals surface area contributed by atoms with Gasteiger partial charge in [-0.3, -0.25) is 4.79 Å². The van der Waals surface area contributed by atoms with Gasteiger partial charge in [0.1, 0.15) is 5.82 Å². The van der Waals surface area contributed by atoms with E-state index in [0.717, 1.165) is 0 Å². The molecule has 0 fully saturated rings. The number of rotatable bonds is 3. The SMILES string of the molecule is O=C(O)c1ccnc(NC(=O)c2ccc(Cl)cc2)c1. The fourth-order valence-corrected chi connectivity index (χ4v) is 1.55. The number of carboxylic acids is 1. The van der Waals surface area contributed by atoms with Gasteiger partial charge in [0, 0.05) is 16.8 Å². The molecule has 0 aliphatic heterocycles. The van der Waals surface area contributed by atoms with Crippen molar-refractivity contribution in [3.8, 4) is 0 Å². The molecule has 0 atom stereocenters. The van der Waals surface area contributed by atoms with Crippen LogP contribution in [-0.2, 0) is 0 Å². The van der Waals surface area contributed by atoms with Crippen molar-refractivity contribution < 1.29 is 14.7 Å². The number of aromatic carboxylic acids is 1. The number of nitrogens with zero attached hydrogens (tertiary/aromatic N) is 1. The van der Waals surface area contributed by atoms with Crippen LogP contribution in [0.4, 0.5) is 5.82 Å². The number of pyridine rings is 1. The minimum absolute atomic E-state index is 0.0569. The zero-order chi connectivity index (χ0) is 13.8. The van der Waals surface area contributed by atoms with E-state index in [0.29, 0.717) is 10.6 Å². The van der Waals surface area contributed by atoms with E-state index in [4.69, 9.17) is 16.7 Å². The molecule has 5 nitrogen and oxygen atoms in total. The number of aromatic nitrogens is 1. The third-order valence-corrected chi connectivity index (χ3v) is 2.61. The van der Waals surface area contributed by atoms with E-state index in [1.54, 1.807) is 24.3 Å². The van der Waals surface area contributed by atoms with Crippen LogP contribution in [0.2, 0.25) is 5.02 Å². The second-order valence-corrected chi connectivity index (χ2v) is 4.13. The molecule has 1 heterocycles. The van der Waals surface area contributed by atoms with Crippen LogP contribution in [0.3, 0.4) is 0 Å². The number of anilines is 1. The van der Waals surface area contributed by atoms with Crippen LogP contribution in [-0.4, -0.2) is 22.0 Å². The molecule has 2 N–H and O–H groups in total. The van der Waals surface area contributed by atoms with Crippen LogP contribution in [0.25, 0.3) is 0 Å². The molecule has 19 heavy (non-hydrogen) atoms. The van der Waals surface area contributed by atoms with Crippen molar-refractivity contribution in [1.29, 1.82) is 0 Å². The van der Waals surface area contributed by atoms with Gasteiger partial charge in [-0.25, -0.2) is 9.78 Å². The average Bonchev–Trinajstić information content (AvgIpc) is 2.39. The van der Waals surface area contributed by atoms with E-state index in [9.17, 15) is 9.59 Å². The predicted molar refractivity (Wildman–Crippen MR) is 70.6 cm³/mol. The maximum absolute atomic E-state index is 11.9. The van der Waals surface area contributed by atoms with Crippen molar-refractivity contribution in [3.05, 3.63) is 58.7 Å². The van der Waals surface area contributed by atoms with Gasteiger partial charge in [0.2, 0.25) is 0 Å². The first-order chi connectivity index (χ1) is 9.06. The Bertz CT molecular complexity index is 626. The highest BCUT2D eigenvalue weighted by molar-refractivity contribution is 6.30. The summed E-state index contributed by atoms with van der Waals surface area (Å²) in [5.74, 6) is -1.28. The Kier molecular flexibility index (Phi) is 3.77. The smallest absolute Gasteiger partial charge is 0.335 e. The molecular weight excluding hydrogens is 268 g/mol. The lowest BCUT2D eigenvalue weighted by Gasteiger charge is -2.05. The minimum atomic E-state index is -1.08. The van der Waals surface area contributed by atoms with Gasteiger partial charge in [-0.15, -0.1) is 0 Å². The van der Waals surface area contributed by atoms with Gasteiger partial charge in [-0.1, -0.05) is 11.6 Å². The zero-order valence-electron chi connectivity index (χ0n) is 9.63. The molecule has 0 spiro atoms. The lowest BCUT2D eigenvalue weighted by Crippen LogP contribution is -2.13. The molecule has 0 radical (unpaired) electrons. The molecule has 0 aliphatic rings. The number of amides is 1. The van der Waals surface area contributed by atoms with Crippen molar-refractivity contribution in [2.45, 2.75) is 0 Å². The third-order valence-electron chi connectivity index (χ3n) is 2.35. The van der Waals surface area contributed by atoms with Crippen molar-refractivity contribution in [2.75, 3.05) is 5.32 Å². The van der Waals surface area contributed by atoms with Gasteiger partial charge in [-0.2, -0.15) is 0 Å². The molecule has 1 amide bonds. The monoisotopic (exact) mass is 276 g/mol. The minimum Gasteiger partial charge on any atom is -0.478 e. The van der Waals surface area contributed by atoms with Crippen LogP contribution >= 0.6 is 11.6 Å². The summed E-state index contributed by atoms with van der Waals surface area (Å²) < 4.78 is 0. The van der Waals surface area contributed by atoms with Gasteiger partial charge < -0.3 is 10.4 Å². The van der Waals surface area contributed by atoms with Crippen molar-refractivity contribution in [1.82, 2.24) is 4.98 Å². The maximum Gasteiger partial charge on any atom is 0.335 e. The average molecular weight is 277 g/mol. The number of benzene rings is 1. The standard InChI is InChI=1S/C13H9ClN2O3/c14-10-3-1-8(2-4-10)12(17)16-11-7-9(13(18)19)5-6-15-11/h1-7H,(H,18,19)(H,15,16,17). The van der Waals surface area contributed by atoms with E-state index in [2.05, 4.69) is 10.3 Å². The fourth-order valence-electron chi connectivity index (χ4n) is 1.42. The van der Waals surface area contributed by atoms with E-state index in [1.807, 2.05) is 0 Å². The Hall–Kier alpha value is -2.40. The van der Waals surface area contributed by atoms with Crippen LogP contribution in [0.1, 0.15) is 20.7 Å². The van der Waals surface area contributed by atoms with E-state index >= 15 is 0 Å². The van der Waals surface area contributed by atoms with Crippen molar-refractivity contribution >= 4 is 29.3 Å². The Morgan fingerprint density at radius 1 is 1.11 bits per heavy atom. The van der Waals surface area contributed by atoms with Crippen molar-refractivity contribution in [2.24, 2.45) is 0 Å². The molecule has 2 rings (SSSR count). The van der Waals surface area contributed by atoms with E-state index in [1.165, 1.54) is 18.3 Å². The quantitative estimate of drug-likeness (QED) is 0.903. The lowest BCUT2D eigenvalue weighted by atomic mass is 10.2. The number of halogens is 1. The molecule has 0 saturated heterocycles. The predicted octanol–water partition coefficient (Wildman–Crippen LogP) is 2.69. The molecule has 0 bridgehead atoms. The Labute approximate surface area is 113 Å². The van der Waals surface area contributed by atoms with Gasteiger partial charge >= 0.3 is 5.97 Å². The van der Waals surface area contributed by atoms with Gasteiger partial charge in [0.15, 0.2) is 0 Å². The highest BCUT2D eigenvalue weighted by Crippen LogP contribution is 2.12. The Balaban J connectivity index is 2.17. The van der Waals surface area contributed by atoms with E-state index in [-0.39, 0.29) is 17.3 Å². The summed E-state index contributed by atoms with van der Waals surface area (Å²) in [5.41, 5.74) is 0.466. The molecule has 96 valence electrons. The topological polar surface area (TPSA) is 79.3 Å². The molecule has 0 saturated carbocycles. The first-order valence-corrected chi connectivity index (χ1v) is 5.70. The van der Waals surface area contributed by atoms with Crippen LogP contribution < -0.4 is 5.32 Å². The lowest BCUT2D eigenvalue weighted by molar-refractivity contribution is 0.0696. The van der Waals surface area contributed by atoms with Crippen LogP contribution in [0, 0.1) is 0 Å². The Morgan fingerprint density at radius 2 is 1.79 bits per heavy atom. The molecule has 2 aromatic rings. The van der Waals surface area contributed by atoms with E-state index < -0.39 is 5.97 Å². The van der Waals surface area contributed by atoms with Gasteiger partial charge in [0.05, 0.1) is 5.56 Å². The number of nitrogens with one attached hydrogen (secondary N) is 1. The molecule has 1 aromatic heterocycles. The first-order valence-electron chi connectivity index (χ1n) is 5.32. The van der Waals surface area contributed by atoms with Gasteiger partial charge in [-0.05, 0) is 36.4 Å². The maximum atomic E-state index is 11.9. The Morgan fingerprint density at radius 3 is 2.42 bits per heavy atom. The number of hydrogen-bond acceptors (Lipinski definition) is 3. The summed E-state index contributed by atoms with van der Waals surface area (Å²) in [7, 11) is 0. The van der Waals surface area contributed by atoms with Crippen LogP contribution in [0.15, 0.2) is 42.6 Å². The number of carbonyl (C=O) groups is 2. The highest BCUT2D eigenvalue weighted by atomic mass is 35.5. The summed E-state index contributed by atoms with van der Waals surface area (Å²) in [6.07, 6.45) is 1.32. The number of carbonyl (C=O) groups excluding carboxylic acids is 1. The summed E-state index contributed by atoms with van der Waals surface area (Å²) in [5, 5.41) is 11.9. The molecular formula is C13H9ClN2O3. The fraction of sp³-hybridized carbons (Fsp3) is 0. The second kappa shape index (κ2) is 5.49. The first kappa shape index (κ1) is 13.0. The highest BCUT2D eigenvalue weighted by Gasteiger charge is 2.09. The summed E-state index contributed by atoms with van der Waals surface area (Å²) in [6.45, 7) is 0. The largest absolute Gasteiger partial charge is 0.478 e. The molecule has 0 aliphatic carbocycles. The molecule has 6 heteroatoms. The second-order valence-electron chi connectivity index (χ2n) is 3.70. The van der Waals surface area contributed by atoms with Gasteiger partial charge in [0.25, 0.3) is 5.91 Å². The van der Waals surface area contributed by atoms with Crippen LogP contribution in [0.5, 0.6) is 0 Å². The third kappa shape index (κ3) is 3.29. The molecule has 1 aromatic carbocycles.